The van der Waals surface area contributed by atoms with Gasteiger partial charge >= 0.3 is 0 Å². The molecule has 0 aromatic heterocycles. The molecule has 0 saturated heterocycles. The molecule has 0 fully saturated rings. The van der Waals surface area contributed by atoms with Crippen LogP contribution in [0.25, 0.3) is 21.5 Å². The maximum Gasteiger partial charge on any atom is 0.210 e. The van der Waals surface area contributed by atoms with E-state index in [2.05, 4.69) is 135 Å². The van der Waals surface area contributed by atoms with E-state index in [-0.39, 0.29) is 10.8 Å². The van der Waals surface area contributed by atoms with Crippen LogP contribution < -0.4 is 4.90 Å². The van der Waals surface area contributed by atoms with E-state index in [1.54, 1.807) is 0 Å². The number of anilines is 1. The van der Waals surface area contributed by atoms with E-state index in [9.17, 15) is 4.79 Å². The molecule has 0 N–H and O–H groups in total. The Bertz CT molecular complexity index is 1750. The summed E-state index contributed by atoms with van der Waals surface area (Å²) in [6.45, 7) is 10.4. The van der Waals surface area contributed by atoms with Gasteiger partial charge in [-0.3, -0.25) is 0 Å². The third-order valence-electron chi connectivity index (χ3n) is 9.36. The molecule has 3 heteroatoms. The number of benzene rings is 4. The molecule has 4 aromatic carbocycles. The van der Waals surface area contributed by atoms with Crippen LogP contribution in [0.3, 0.4) is 0 Å². The molecule has 4 aromatic rings. The lowest BCUT2D eigenvalue weighted by atomic mass is 9.79. The molecule has 0 aliphatic carbocycles. The van der Waals surface area contributed by atoms with E-state index in [1.165, 1.54) is 55.5 Å². The molecule has 6 rings (SSSR count). The minimum absolute atomic E-state index is 0.109. The summed E-state index contributed by atoms with van der Waals surface area (Å²) in [5.74, 6) is 0. The molecule has 0 atom stereocenters. The highest BCUT2D eigenvalue weighted by atomic mass is 16.1. The molecule has 0 saturated carbocycles. The van der Waals surface area contributed by atoms with Crippen LogP contribution in [0.1, 0.15) is 64.5 Å². The fraction of sp³-hybridized carbons (Fsp3) is 0.316. The zero-order valence-electron chi connectivity index (χ0n) is 25.1. The average molecular weight is 542 g/mol. The predicted molar refractivity (Wildman–Crippen MR) is 174 cm³/mol. The molecule has 2 heterocycles. The number of aldehydes is 1. The molecular weight excluding hydrogens is 500 g/mol. The smallest absolute Gasteiger partial charge is 0.210 e. The summed E-state index contributed by atoms with van der Waals surface area (Å²) in [6.07, 6.45) is 11.7. The van der Waals surface area contributed by atoms with Gasteiger partial charge in [0.05, 0.1) is 5.41 Å². The normalized spacial score (nSPS) is 18.2. The first-order chi connectivity index (χ1) is 19.8. The third-order valence-corrected chi connectivity index (χ3v) is 9.36. The minimum Gasteiger partial charge on any atom is -0.344 e. The van der Waals surface area contributed by atoms with Gasteiger partial charge < -0.3 is 9.69 Å². The monoisotopic (exact) mass is 541 g/mol. The summed E-state index contributed by atoms with van der Waals surface area (Å²) in [6, 6.07) is 26.6. The molecule has 0 bridgehead atoms. The summed E-state index contributed by atoms with van der Waals surface area (Å²) < 4.78 is 2.36. The van der Waals surface area contributed by atoms with Crippen molar-refractivity contribution >= 4 is 44.9 Å². The Morgan fingerprint density at radius 1 is 0.756 bits per heavy atom. The highest BCUT2D eigenvalue weighted by Gasteiger charge is 2.44. The van der Waals surface area contributed by atoms with Crippen LogP contribution in [-0.2, 0) is 15.6 Å². The largest absolute Gasteiger partial charge is 0.344 e. The number of carbonyl (C=O) groups excluding carboxylic acids is 1. The molecule has 0 radical (unpaired) electrons. The second-order valence-corrected chi connectivity index (χ2v) is 12.6. The van der Waals surface area contributed by atoms with E-state index in [1.807, 2.05) is 0 Å². The van der Waals surface area contributed by atoms with Crippen molar-refractivity contribution in [2.24, 2.45) is 0 Å². The number of hydrogen-bond donors (Lipinski definition) is 0. The van der Waals surface area contributed by atoms with Crippen molar-refractivity contribution in [2.45, 2.75) is 64.2 Å². The molecule has 3 nitrogen and oxygen atoms in total. The lowest BCUT2D eigenvalue weighted by Crippen LogP contribution is -2.28. The van der Waals surface area contributed by atoms with Gasteiger partial charge in [0.1, 0.15) is 13.3 Å². The van der Waals surface area contributed by atoms with Crippen molar-refractivity contribution in [3.05, 3.63) is 108 Å². The van der Waals surface area contributed by atoms with Crippen molar-refractivity contribution < 1.29 is 9.37 Å². The number of carbonyl (C=O) groups is 1. The summed E-state index contributed by atoms with van der Waals surface area (Å²) in [5.41, 5.74) is 7.81. The third kappa shape index (κ3) is 4.43. The molecule has 208 valence electrons. The Kier molecular flexibility index (Phi) is 6.93. The maximum atomic E-state index is 10.8. The van der Waals surface area contributed by atoms with E-state index < -0.39 is 0 Å². The van der Waals surface area contributed by atoms with Gasteiger partial charge in [-0.15, -0.1) is 0 Å². The van der Waals surface area contributed by atoms with Crippen molar-refractivity contribution in [3.63, 3.8) is 0 Å². The average Bonchev–Trinajstić information content (AvgIpc) is 3.31. The second kappa shape index (κ2) is 10.4. The number of unbranched alkanes of at least 4 members (excludes halogenated alkanes) is 3. The Labute approximate surface area is 244 Å². The fourth-order valence-corrected chi connectivity index (χ4v) is 7.37. The number of allylic oxidation sites excluding steroid dienone is 4. The van der Waals surface area contributed by atoms with E-state index in [0.717, 1.165) is 32.1 Å². The van der Waals surface area contributed by atoms with Gasteiger partial charge in [0, 0.05) is 47.5 Å². The lowest BCUT2D eigenvalue weighted by Gasteiger charge is -2.27. The molecule has 0 spiro atoms. The topological polar surface area (TPSA) is 23.3 Å². The van der Waals surface area contributed by atoms with Crippen molar-refractivity contribution in [3.8, 4) is 0 Å². The van der Waals surface area contributed by atoms with Crippen LogP contribution in [-0.4, -0.2) is 30.2 Å². The van der Waals surface area contributed by atoms with Crippen molar-refractivity contribution in [1.29, 1.82) is 0 Å². The van der Waals surface area contributed by atoms with Crippen LogP contribution >= 0.6 is 0 Å². The summed E-state index contributed by atoms with van der Waals surface area (Å²) >= 11 is 0. The molecule has 2 aliphatic heterocycles. The SMILES string of the molecule is C[N+]1=C(/C=C/C=C2/N(CCCCCC=O)c3ccc4ccccc4c3C2(C)C)C(C)(C)c2c1ccc1ccccc21. The molecule has 0 unspecified atom stereocenters. The zero-order valence-corrected chi connectivity index (χ0v) is 25.1. The lowest BCUT2D eigenvalue weighted by molar-refractivity contribution is -0.401. The molecule has 0 amide bonds. The Morgan fingerprint density at radius 2 is 1.41 bits per heavy atom. The Hall–Kier alpha value is -3.98. The van der Waals surface area contributed by atoms with Gasteiger partial charge in [0.2, 0.25) is 5.69 Å². The van der Waals surface area contributed by atoms with Gasteiger partial charge in [0.15, 0.2) is 5.71 Å². The number of fused-ring (bicyclic) bond motifs is 6. The van der Waals surface area contributed by atoms with Gasteiger partial charge in [-0.05, 0) is 72.0 Å². The van der Waals surface area contributed by atoms with Crippen LogP contribution in [0.15, 0.2) is 96.7 Å². The van der Waals surface area contributed by atoms with Gasteiger partial charge in [-0.2, -0.15) is 4.58 Å². The number of rotatable bonds is 8. The van der Waals surface area contributed by atoms with Crippen LogP contribution in [0.2, 0.25) is 0 Å². The van der Waals surface area contributed by atoms with Crippen LogP contribution in [0, 0.1) is 0 Å². The van der Waals surface area contributed by atoms with E-state index >= 15 is 0 Å². The molecule has 2 aliphatic rings. The Balaban J connectivity index is 1.39. The predicted octanol–water partition coefficient (Wildman–Crippen LogP) is 9.00. The highest BCUT2D eigenvalue weighted by molar-refractivity contribution is 6.07. The van der Waals surface area contributed by atoms with Gasteiger partial charge in [-0.25, -0.2) is 0 Å². The van der Waals surface area contributed by atoms with Crippen molar-refractivity contribution in [2.75, 3.05) is 18.5 Å². The first-order valence-electron chi connectivity index (χ1n) is 15.0. The van der Waals surface area contributed by atoms with Crippen LogP contribution in [0.5, 0.6) is 0 Å². The molecular formula is C38H41N2O+. The van der Waals surface area contributed by atoms with Crippen molar-refractivity contribution in [1.82, 2.24) is 0 Å². The fourth-order valence-electron chi connectivity index (χ4n) is 7.37. The first-order valence-corrected chi connectivity index (χ1v) is 15.0. The maximum absolute atomic E-state index is 10.8. The van der Waals surface area contributed by atoms with E-state index in [4.69, 9.17) is 0 Å². The van der Waals surface area contributed by atoms with Gasteiger partial charge in [0.25, 0.3) is 0 Å². The number of nitrogens with zero attached hydrogens (tertiary/aromatic N) is 2. The van der Waals surface area contributed by atoms with Crippen LogP contribution in [0.4, 0.5) is 11.4 Å². The summed E-state index contributed by atoms with van der Waals surface area (Å²) in [4.78, 5) is 13.4. The minimum atomic E-state index is -0.135. The summed E-state index contributed by atoms with van der Waals surface area (Å²) in [5, 5.41) is 5.25. The Morgan fingerprint density at radius 3 is 2.12 bits per heavy atom. The first kappa shape index (κ1) is 27.2. The quantitative estimate of drug-likeness (QED) is 0.126. The zero-order chi connectivity index (χ0) is 28.8. The van der Waals surface area contributed by atoms with E-state index in [0.29, 0.717) is 6.42 Å². The second-order valence-electron chi connectivity index (χ2n) is 12.6. The number of hydrogen-bond acceptors (Lipinski definition) is 2. The van der Waals surface area contributed by atoms with Gasteiger partial charge in [-0.1, -0.05) is 80.9 Å². The summed E-state index contributed by atoms with van der Waals surface area (Å²) in [7, 11) is 2.20. The standard InChI is InChI=1S/C38H41N2O/c1-37(2)33(39(5)31-23-21-27-15-8-10-17-29(27)35(31)37)19-14-20-34-38(3,4)36-30-18-11-9-16-28(30)22-24-32(36)40(34)25-12-6-7-13-26-41/h8-11,14-24,26H,6-7,12-13,25H2,1-5H3/q+1. The highest BCUT2D eigenvalue weighted by Crippen LogP contribution is 2.51. The molecule has 41 heavy (non-hydrogen) atoms.